The highest BCUT2D eigenvalue weighted by Gasteiger charge is 2.33. The zero-order chi connectivity index (χ0) is 10.0. The van der Waals surface area contributed by atoms with Crippen LogP contribution in [-0.2, 0) is 6.42 Å². The predicted molar refractivity (Wildman–Crippen MR) is 64.0 cm³/mol. The molecule has 0 bridgehead atoms. The van der Waals surface area contributed by atoms with Gasteiger partial charge in [-0.15, -0.1) is 11.3 Å². The Kier molecular flexibility index (Phi) is 3.14. The van der Waals surface area contributed by atoms with Gasteiger partial charge < -0.3 is 5.73 Å². The van der Waals surface area contributed by atoms with Gasteiger partial charge in [-0.1, -0.05) is 0 Å². The number of nitrogens with zero attached hydrogens (tertiary/aromatic N) is 1. The first kappa shape index (κ1) is 10.5. The normalized spacial score (nSPS) is 27.0. The van der Waals surface area contributed by atoms with Crippen molar-refractivity contribution in [3.05, 3.63) is 16.1 Å². The Morgan fingerprint density at radius 2 is 2.50 bits per heavy atom. The minimum atomic E-state index is 0.292. The van der Waals surface area contributed by atoms with E-state index in [2.05, 4.69) is 17.3 Å². The van der Waals surface area contributed by atoms with E-state index < -0.39 is 0 Å². The standard InChI is InChI=1S/C10H16N2S2/c1-8-12-9(6-13-8)5-10(7-11)3-2-4-14-10/h6H,2-5,7,11H2,1H3. The molecule has 1 saturated heterocycles. The van der Waals surface area contributed by atoms with E-state index in [-0.39, 0.29) is 0 Å². The monoisotopic (exact) mass is 228 g/mol. The SMILES string of the molecule is Cc1nc(CC2(CN)CCCS2)cs1. The highest BCUT2D eigenvalue weighted by atomic mass is 32.2. The number of thiazole rings is 1. The van der Waals surface area contributed by atoms with Crippen LogP contribution in [0.15, 0.2) is 5.38 Å². The number of aryl methyl sites for hydroxylation is 1. The Balaban J connectivity index is 2.08. The number of aromatic nitrogens is 1. The Morgan fingerprint density at radius 3 is 3.00 bits per heavy atom. The second-order valence-electron chi connectivity index (χ2n) is 3.87. The molecule has 14 heavy (non-hydrogen) atoms. The molecule has 0 saturated carbocycles. The smallest absolute Gasteiger partial charge is 0.0897 e. The molecule has 1 unspecified atom stereocenters. The van der Waals surface area contributed by atoms with Crippen molar-refractivity contribution >= 4 is 23.1 Å². The largest absolute Gasteiger partial charge is 0.329 e. The maximum absolute atomic E-state index is 5.88. The first-order valence-electron chi connectivity index (χ1n) is 4.99. The van der Waals surface area contributed by atoms with E-state index in [0.717, 1.165) is 18.0 Å². The number of thioether (sulfide) groups is 1. The molecule has 1 aromatic heterocycles. The van der Waals surface area contributed by atoms with Crippen LogP contribution in [0.4, 0.5) is 0 Å². The van der Waals surface area contributed by atoms with Crippen LogP contribution >= 0.6 is 23.1 Å². The molecular formula is C10H16N2S2. The quantitative estimate of drug-likeness (QED) is 0.862. The van der Waals surface area contributed by atoms with Crippen LogP contribution in [0.1, 0.15) is 23.5 Å². The van der Waals surface area contributed by atoms with Crippen LogP contribution in [0.2, 0.25) is 0 Å². The fraction of sp³-hybridized carbons (Fsp3) is 0.700. The van der Waals surface area contributed by atoms with Gasteiger partial charge in [0.25, 0.3) is 0 Å². The molecule has 2 N–H and O–H groups in total. The third kappa shape index (κ3) is 2.12. The molecule has 1 aliphatic rings. The van der Waals surface area contributed by atoms with Crippen molar-refractivity contribution in [1.82, 2.24) is 4.98 Å². The molecule has 0 spiro atoms. The topological polar surface area (TPSA) is 38.9 Å². The summed E-state index contributed by atoms with van der Waals surface area (Å²) in [6.45, 7) is 2.85. The fourth-order valence-electron chi connectivity index (χ4n) is 1.95. The summed E-state index contributed by atoms with van der Waals surface area (Å²) in [6.07, 6.45) is 3.62. The van der Waals surface area contributed by atoms with Crippen LogP contribution in [-0.4, -0.2) is 22.0 Å². The lowest BCUT2D eigenvalue weighted by atomic mass is 9.98. The van der Waals surface area contributed by atoms with Gasteiger partial charge in [-0.3, -0.25) is 0 Å². The predicted octanol–water partition coefficient (Wildman–Crippen LogP) is 2.22. The van der Waals surface area contributed by atoms with Crippen LogP contribution in [0.5, 0.6) is 0 Å². The average Bonchev–Trinajstić information content (AvgIpc) is 2.77. The Hall–Kier alpha value is -0.0600. The zero-order valence-electron chi connectivity index (χ0n) is 8.45. The van der Waals surface area contributed by atoms with Crippen LogP contribution in [0.3, 0.4) is 0 Å². The summed E-state index contributed by atoms with van der Waals surface area (Å²) in [4.78, 5) is 4.52. The Morgan fingerprint density at radius 1 is 1.64 bits per heavy atom. The van der Waals surface area contributed by atoms with E-state index in [1.54, 1.807) is 11.3 Å². The van der Waals surface area contributed by atoms with E-state index in [9.17, 15) is 0 Å². The third-order valence-corrected chi connectivity index (χ3v) is 5.17. The molecular weight excluding hydrogens is 212 g/mol. The maximum Gasteiger partial charge on any atom is 0.0897 e. The molecule has 0 amide bonds. The summed E-state index contributed by atoms with van der Waals surface area (Å²) < 4.78 is 0.292. The van der Waals surface area contributed by atoms with Crippen molar-refractivity contribution < 1.29 is 0 Å². The van der Waals surface area contributed by atoms with Crippen molar-refractivity contribution in [3.63, 3.8) is 0 Å². The molecule has 78 valence electrons. The fourth-order valence-corrected chi connectivity index (χ4v) is 3.94. The molecule has 1 aliphatic heterocycles. The second kappa shape index (κ2) is 4.21. The summed E-state index contributed by atoms with van der Waals surface area (Å²) in [5, 5.41) is 3.33. The molecule has 4 heteroatoms. The number of hydrogen-bond donors (Lipinski definition) is 1. The summed E-state index contributed by atoms with van der Waals surface area (Å²) in [6, 6.07) is 0. The molecule has 1 fully saturated rings. The van der Waals surface area contributed by atoms with Crippen molar-refractivity contribution in [3.8, 4) is 0 Å². The summed E-state index contributed by atoms with van der Waals surface area (Å²) in [5.41, 5.74) is 7.11. The minimum absolute atomic E-state index is 0.292. The number of hydrogen-bond acceptors (Lipinski definition) is 4. The van der Waals surface area contributed by atoms with E-state index in [1.165, 1.54) is 24.3 Å². The van der Waals surface area contributed by atoms with Crippen LogP contribution in [0.25, 0.3) is 0 Å². The van der Waals surface area contributed by atoms with Crippen LogP contribution < -0.4 is 5.73 Å². The molecule has 0 aromatic carbocycles. The lowest BCUT2D eigenvalue weighted by Crippen LogP contribution is -2.34. The van der Waals surface area contributed by atoms with E-state index >= 15 is 0 Å². The van der Waals surface area contributed by atoms with E-state index in [1.807, 2.05) is 11.8 Å². The van der Waals surface area contributed by atoms with Crippen LogP contribution in [0, 0.1) is 6.92 Å². The van der Waals surface area contributed by atoms with Gasteiger partial charge in [0, 0.05) is 23.1 Å². The second-order valence-corrected chi connectivity index (χ2v) is 6.50. The molecule has 0 aliphatic carbocycles. The lowest BCUT2D eigenvalue weighted by molar-refractivity contribution is 0.559. The third-order valence-electron chi connectivity index (χ3n) is 2.73. The molecule has 1 aromatic rings. The molecule has 2 rings (SSSR count). The highest BCUT2D eigenvalue weighted by molar-refractivity contribution is 8.00. The van der Waals surface area contributed by atoms with Gasteiger partial charge in [0.15, 0.2) is 0 Å². The maximum atomic E-state index is 5.88. The average molecular weight is 228 g/mol. The van der Waals surface area contributed by atoms with Gasteiger partial charge >= 0.3 is 0 Å². The first-order chi connectivity index (χ1) is 6.74. The highest BCUT2D eigenvalue weighted by Crippen LogP contribution is 2.39. The van der Waals surface area contributed by atoms with Crippen molar-refractivity contribution in [2.75, 3.05) is 12.3 Å². The van der Waals surface area contributed by atoms with Gasteiger partial charge in [-0.05, 0) is 25.5 Å². The van der Waals surface area contributed by atoms with Gasteiger partial charge in [-0.25, -0.2) is 4.98 Å². The van der Waals surface area contributed by atoms with Crippen molar-refractivity contribution in [2.45, 2.75) is 30.9 Å². The van der Waals surface area contributed by atoms with Gasteiger partial charge in [-0.2, -0.15) is 11.8 Å². The van der Waals surface area contributed by atoms with Gasteiger partial charge in [0.05, 0.1) is 10.7 Å². The van der Waals surface area contributed by atoms with Gasteiger partial charge in [0.1, 0.15) is 0 Å². The van der Waals surface area contributed by atoms with Crippen molar-refractivity contribution in [2.24, 2.45) is 5.73 Å². The number of rotatable bonds is 3. The molecule has 0 radical (unpaired) electrons. The Labute approximate surface area is 93.3 Å². The van der Waals surface area contributed by atoms with Gasteiger partial charge in [0.2, 0.25) is 0 Å². The molecule has 1 atom stereocenters. The minimum Gasteiger partial charge on any atom is -0.329 e. The summed E-state index contributed by atoms with van der Waals surface area (Å²) in [5.74, 6) is 1.26. The number of nitrogens with two attached hydrogens (primary N) is 1. The van der Waals surface area contributed by atoms with Crippen molar-refractivity contribution in [1.29, 1.82) is 0 Å². The first-order valence-corrected chi connectivity index (χ1v) is 6.86. The Bertz CT molecular complexity index is 303. The summed E-state index contributed by atoms with van der Waals surface area (Å²) in [7, 11) is 0. The van der Waals surface area contributed by atoms with E-state index in [0.29, 0.717) is 4.75 Å². The summed E-state index contributed by atoms with van der Waals surface area (Å²) >= 11 is 3.77. The zero-order valence-corrected chi connectivity index (χ0v) is 10.1. The molecule has 2 heterocycles. The molecule has 2 nitrogen and oxygen atoms in total. The van der Waals surface area contributed by atoms with E-state index in [4.69, 9.17) is 5.73 Å². The lowest BCUT2D eigenvalue weighted by Gasteiger charge is -2.25.